The van der Waals surface area contributed by atoms with Gasteiger partial charge in [0.05, 0.1) is 20.3 Å². The molecule has 0 radical (unpaired) electrons. The van der Waals surface area contributed by atoms with Crippen molar-refractivity contribution in [2.24, 2.45) is 11.6 Å². The van der Waals surface area contributed by atoms with E-state index in [1.807, 2.05) is 13.8 Å². The predicted molar refractivity (Wildman–Crippen MR) is 84.5 cm³/mol. The molecule has 0 unspecified atom stereocenters. The van der Waals surface area contributed by atoms with Gasteiger partial charge in [-0.05, 0) is 24.6 Å². The molecule has 0 fully saturated rings. The van der Waals surface area contributed by atoms with E-state index < -0.39 is 17.5 Å². The molecule has 1 aromatic carbocycles. The van der Waals surface area contributed by atoms with Crippen LogP contribution in [0, 0.1) is 0 Å². The number of amides is 1. The lowest BCUT2D eigenvalue weighted by molar-refractivity contribution is -0.128. The van der Waals surface area contributed by atoms with Crippen molar-refractivity contribution in [2.75, 3.05) is 13.7 Å². The molecule has 124 valence electrons. The van der Waals surface area contributed by atoms with Gasteiger partial charge in [0, 0.05) is 0 Å². The fraction of sp³-hybridized carbons (Fsp3) is 0.400. The van der Waals surface area contributed by atoms with Gasteiger partial charge in [0.2, 0.25) is 0 Å². The van der Waals surface area contributed by atoms with E-state index in [4.69, 9.17) is 21.1 Å². The highest BCUT2D eigenvalue weighted by Gasteiger charge is 2.18. The smallest absolute Gasteiger partial charge is 0.306 e. The number of hydrogen-bond donors (Lipinski definition) is 3. The van der Waals surface area contributed by atoms with Crippen LogP contribution in [0.25, 0.3) is 0 Å². The second-order valence-corrected chi connectivity index (χ2v) is 3.93. The Morgan fingerprint density at radius 1 is 1.27 bits per heavy atom. The van der Waals surface area contributed by atoms with Gasteiger partial charge in [-0.3, -0.25) is 9.80 Å². The summed E-state index contributed by atoms with van der Waals surface area (Å²) in [6, 6.07) is 7.05. The number of ether oxygens (including phenoxy) is 2. The second-order valence-electron chi connectivity index (χ2n) is 3.93. The van der Waals surface area contributed by atoms with Gasteiger partial charge in [-0.1, -0.05) is 26.0 Å². The summed E-state index contributed by atoms with van der Waals surface area (Å²) in [5, 5.41) is 10.3. The van der Waals surface area contributed by atoms with Crippen LogP contribution in [0.4, 0.5) is 0 Å². The average molecular weight is 311 g/mol. The van der Waals surface area contributed by atoms with Gasteiger partial charge in [-0.15, -0.1) is 0 Å². The van der Waals surface area contributed by atoms with Crippen LogP contribution in [0.2, 0.25) is 0 Å². The number of rotatable bonds is 6. The van der Waals surface area contributed by atoms with Gasteiger partial charge in [-0.25, -0.2) is 5.84 Å². The van der Waals surface area contributed by atoms with E-state index in [0.717, 1.165) is 10.6 Å². The lowest BCUT2D eigenvalue weighted by atomic mass is 10.2. The molecule has 1 aromatic rings. The number of hydrazine groups is 1. The maximum atomic E-state index is 11.8. The van der Waals surface area contributed by atoms with Gasteiger partial charge in [-0.2, -0.15) is 0 Å². The minimum atomic E-state index is -0.716. The zero-order valence-electron chi connectivity index (χ0n) is 13.5. The first-order valence-electron chi connectivity index (χ1n) is 7.00. The second kappa shape index (κ2) is 10.3. The summed E-state index contributed by atoms with van der Waals surface area (Å²) in [7, 11) is 1.57. The molecule has 5 N–H and O–H groups in total. The third kappa shape index (κ3) is 5.92. The Labute approximate surface area is 131 Å². The highest BCUT2D eigenvalue weighted by molar-refractivity contribution is 5.92. The number of methoxy groups -OCH3 is 1. The molecule has 0 saturated heterocycles. The van der Waals surface area contributed by atoms with Crippen molar-refractivity contribution in [3.63, 3.8) is 0 Å². The SMILES string of the molecule is CC.CCO/C(O)=C(/N)C(=O)N(N)Cc1ccc(OC)cc1. The molecule has 0 bridgehead atoms. The van der Waals surface area contributed by atoms with E-state index >= 15 is 0 Å². The highest BCUT2D eigenvalue weighted by atomic mass is 16.6. The quantitative estimate of drug-likeness (QED) is 0.242. The summed E-state index contributed by atoms with van der Waals surface area (Å²) < 4.78 is 9.78. The summed E-state index contributed by atoms with van der Waals surface area (Å²) in [4.78, 5) is 11.8. The predicted octanol–water partition coefficient (Wildman–Crippen LogP) is 1.65. The lowest BCUT2D eigenvalue weighted by Crippen LogP contribution is -2.40. The number of hydrogen-bond acceptors (Lipinski definition) is 6. The highest BCUT2D eigenvalue weighted by Crippen LogP contribution is 2.12. The fourth-order valence-electron chi connectivity index (χ4n) is 1.46. The zero-order chi connectivity index (χ0) is 17.1. The number of aliphatic hydroxyl groups is 1. The third-order valence-corrected chi connectivity index (χ3v) is 2.51. The number of benzene rings is 1. The number of aliphatic hydroxyl groups excluding tert-OH is 1. The zero-order valence-corrected chi connectivity index (χ0v) is 13.5. The van der Waals surface area contributed by atoms with Crippen LogP contribution in [0.15, 0.2) is 35.9 Å². The number of carbonyl (C=O) groups excluding carboxylic acids is 1. The van der Waals surface area contributed by atoms with Crippen molar-refractivity contribution in [3.8, 4) is 5.75 Å². The maximum absolute atomic E-state index is 11.8. The summed E-state index contributed by atoms with van der Waals surface area (Å²) in [5.41, 5.74) is 5.83. The molecule has 1 amide bonds. The fourth-order valence-corrected chi connectivity index (χ4v) is 1.46. The third-order valence-electron chi connectivity index (χ3n) is 2.51. The van der Waals surface area contributed by atoms with E-state index in [-0.39, 0.29) is 13.2 Å². The van der Waals surface area contributed by atoms with Gasteiger partial charge < -0.3 is 20.3 Å². The number of nitrogens with zero attached hydrogens (tertiary/aromatic N) is 1. The molecule has 0 atom stereocenters. The van der Waals surface area contributed by atoms with E-state index in [0.29, 0.717) is 5.75 Å². The van der Waals surface area contributed by atoms with E-state index in [2.05, 4.69) is 0 Å². The van der Waals surface area contributed by atoms with Crippen LogP contribution in [-0.4, -0.2) is 29.7 Å². The molecule has 7 nitrogen and oxygen atoms in total. The van der Waals surface area contributed by atoms with Crippen LogP contribution >= 0.6 is 0 Å². The lowest BCUT2D eigenvalue weighted by Gasteiger charge is -2.17. The Balaban J connectivity index is 0.00000211. The molecule has 0 saturated carbocycles. The molecular weight excluding hydrogens is 286 g/mol. The van der Waals surface area contributed by atoms with Crippen LogP contribution in [0.5, 0.6) is 5.75 Å². The summed E-state index contributed by atoms with van der Waals surface area (Å²) in [5.74, 6) is 4.99. The topological polar surface area (TPSA) is 111 Å². The van der Waals surface area contributed by atoms with Crippen molar-refractivity contribution < 1.29 is 19.4 Å². The van der Waals surface area contributed by atoms with Gasteiger partial charge in [0.1, 0.15) is 5.75 Å². The Kier molecular flexibility index (Phi) is 9.20. The van der Waals surface area contributed by atoms with E-state index in [1.165, 1.54) is 0 Å². The normalized spacial score (nSPS) is 10.8. The molecule has 0 spiro atoms. The van der Waals surface area contributed by atoms with Crippen LogP contribution in [0.1, 0.15) is 26.3 Å². The Hall–Kier alpha value is -2.41. The van der Waals surface area contributed by atoms with Crippen LogP contribution in [-0.2, 0) is 16.1 Å². The van der Waals surface area contributed by atoms with Crippen LogP contribution < -0.4 is 16.3 Å². The van der Waals surface area contributed by atoms with Crippen molar-refractivity contribution in [1.82, 2.24) is 5.01 Å². The first kappa shape index (κ1) is 19.6. The maximum Gasteiger partial charge on any atom is 0.306 e. The molecule has 0 aliphatic heterocycles. The van der Waals surface area contributed by atoms with Crippen molar-refractivity contribution in [2.45, 2.75) is 27.3 Å². The summed E-state index contributed by atoms with van der Waals surface area (Å²) in [6.07, 6.45) is 0. The molecule has 1 rings (SSSR count). The number of carbonyl (C=O) groups is 1. The summed E-state index contributed by atoms with van der Waals surface area (Å²) >= 11 is 0. The Morgan fingerprint density at radius 3 is 2.27 bits per heavy atom. The molecule has 22 heavy (non-hydrogen) atoms. The molecular formula is C15H25N3O4. The monoisotopic (exact) mass is 311 g/mol. The van der Waals surface area contributed by atoms with Crippen molar-refractivity contribution >= 4 is 5.91 Å². The standard InChI is InChI=1S/C13H19N3O4.C2H6/c1-3-20-13(18)11(14)12(17)16(15)8-9-4-6-10(19-2)7-5-9;1-2/h4-7,18H,3,8,14-15H2,1-2H3;1-2H3/b13-11+;. The molecule has 0 heterocycles. The van der Waals surface area contributed by atoms with Crippen molar-refractivity contribution in [3.05, 3.63) is 41.5 Å². The number of nitrogens with two attached hydrogens (primary N) is 2. The molecule has 0 aliphatic carbocycles. The molecule has 0 aromatic heterocycles. The Morgan fingerprint density at radius 2 is 1.82 bits per heavy atom. The van der Waals surface area contributed by atoms with Gasteiger partial charge >= 0.3 is 5.95 Å². The first-order chi connectivity index (χ1) is 10.5. The van der Waals surface area contributed by atoms with Crippen LogP contribution in [0.3, 0.4) is 0 Å². The summed E-state index contributed by atoms with van der Waals surface area (Å²) in [6.45, 7) is 6.00. The first-order valence-corrected chi connectivity index (χ1v) is 7.00. The van der Waals surface area contributed by atoms with Gasteiger partial charge in [0.25, 0.3) is 5.91 Å². The molecule has 7 heteroatoms. The van der Waals surface area contributed by atoms with Crippen molar-refractivity contribution in [1.29, 1.82) is 0 Å². The average Bonchev–Trinajstić information content (AvgIpc) is 2.56. The minimum Gasteiger partial charge on any atom is -0.497 e. The van der Waals surface area contributed by atoms with E-state index in [9.17, 15) is 9.90 Å². The van der Waals surface area contributed by atoms with Gasteiger partial charge in [0.15, 0.2) is 5.70 Å². The minimum absolute atomic E-state index is 0.142. The molecule has 0 aliphatic rings. The van der Waals surface area contributed by atoms with E-state index in [1.54, 1.807) is 38.3 Å². The largest absolute Gasteiger partial charge is 0.497 e. The Bertz CT molecular complexity index is 486.